The van der Waals surface area contributed by atoms with E-state index in [4.69, 9.17) is 4.74 Å². The van der Waals surface area contributed by atoms with E-state index in [0.29, 0.717) is 27.3 Å². The number of fused-ring (bicyclic) bond motifs is 1. The Hall–Kier alpha value is -4.30. The number of amides is 1. The molecule has 1 N–H and O–H groups in total. The second-order valence-corrected chi connectivity index (χ2v) is 9.63. The van der Waals surface area contributed by atoms with Crippen LogP contribution in [0.25, 0.3) is 16.0 Å². The van der Waals surface area contributed by atoms with Crippen molar-refractivity contribution in [2.75, 3.05) is 12.0 Å². The number of aryl methyl sites for hydroxylation is 2. The fourth-order valence-electron chi connectivity index (χ4n) is 4.25. The summed E-state index contributed by atoms with van der Waals surface area (Å²) < 4.78 is 5.66. The van der Waals surface area contributed by atoms with Gasteiger partial charge in [-0.3, -0.25) is 14.5 Å². The number of aliphatic hydroxyl groups is 1. The third-order valence-corrected chi connectivity index (χ3v) is 7.17. The molecule has 1 unspecified atom stereocenters. The van der Waals surface area contributed by atoms with Gasteiger partial charge >= 0.3 is 11.9 Å². The minimum atomic E-state index is -0.931. The van der Waals surface area contributed by atoms with Crippen LogP contribution in [0.1, 0.15) is 38.7 Å². The number of ether oxygens (including phenoxy) is 1. The van der Waals surface area contributed by atoms with Crippen LogP contribution in [0.2, 0.25) is 0 Å². The van der Waals surface area contributed by atoms with Crippen molar-refractivity contribution in [3.05, 3.63) is 100 Å². The quantitative estimate of drug-likeness (QED) is 0.177. The summed E-state index contributed by atoms with van der Waals surface area (Å²) in [4.78, 5) is 44.6. The number of methoxy groups -OCH3 is 1. The van der Waals surface area contributed by atoms with Crippen LogP contribution in [0.4, 0.5) is 5.13 Å². The van der Waals surface area contributed by atoms with Gasteiger partial charge in [-0.2, -0.15) is 0 Å². The zero-order valence-electron chi connectivity index (χ0n) is 19.8. The van der Waals surface area contributed by atoms with Gasteiger partial charge in [-0.1, -0.05) is 59.4 Å². The van der Waals surface area contributed by atoms with Crippen LogP contribution >= 0.6 is 11.3 Å². The van der Waals surface area contributed by atoms with Crippen LogP contribution in [-0.4, -0.2) is 34.9 Å². The minimum Gasteiger partial charge on any atom is -0.507 e. The van der Waals surface area contributed by atoms with Gasteiger partial charge in [-0.25, -0.2) is 9.78 Å². The van der Waals surface area contributed by atoms with E-state index in [1.165, 1.54) is 23.3 Å². The smallest absolute Gasteiger partial charge is 0.337 e. The first-order valence-corrected chi connectivity index (χ1v) is 12.0. The standard InChI is InChI=1S/C28H22N2O5S/c1-15-4-7-18(8-5-15)24(31)22-23(17-9-11-19(12-10-17)27(34)35-3)30(26(33)25(22)32)28-29-20-13-6-16(2)14-21(20)36-28/h4-14,23,31H,1-3H3/b24-22+. The van der Waals surface area contributed by atoms with Gasteiger partial charge in [-0.15, -0.1) is 0 Å². The predicted octanol–water partition coefficient (Wildman–Crippen LogP) is 5.33. The Morgan fingerprint density at radius 2 is 1.58 bits per heavy atom. The zero-order valence-corrected chi connectivity index (χ0v) is 20.6. The first-order chi connectivity index (χ1) is 17.3. The number of nitrogens with zero attached hydrogens (tertiary/aromatic N) is 2. The van der Waals surface area contributed by atoms with Gasteiger partial charge in [0.05, 0.1) is 34.5 Å². The van der Waals surface area contributed by atoms with Gasteiger partial charge in [0, 0.05) is 5.56 Å². The second kappa shape index (κ2) is 9.05. The number of rotatable bonds is 4. The molecular weight excluding hydrogens is 476 g/mol. The lowest BCUT2D eigenvalue weighted by molar-refractivity contribution is -0.132. The summed E-state index contributed by atoms with van der Waals surface area (Å²) in [6, 6.07) is 18.3. The molecule has 0 spiro atoms. The molecule has 0 bridgehead atoms. The SMILES string of the molecule is COC(=O)c1ccc(C2/C(=C(\O)c3ccc(C)cc3)C(=O)C(=O)N2c2nc3ccc(C)cc3s2)cc1. The number of Topliss-reactive ketones (excluding diaryl/α,β-unsaturated/α-hetero) is 1. The highest BCUT2D eigenvalue weighted by Crippen LogP contribution is 2.44. The largest absolute Gasteiger partial charge is 0.507 e. The summed E-state index contributed by atoms with van der Waals surface area (Å²) in [7, 11) is 1.29. The summed E-state index contributed by atoms with van der Waals surface area (Å²) >= 11 is 1.30. The van der Waals surface area contributed by atoms with Crippen molar-refractivity contribution in [2.24, 2.45) is 0 Å². The number of benzene rings is 3. The second-order valence-electron chi connectivity index (χ2n) is 8.62. The van der Waals surface area contributed by atoms with Crippen molar-refractivity contribution in [3.8, 4) is 0 Å². The van der Waals surface area contributed by atoms with Crippen LogP contribution in [0, 0.1) is 13.8 Å². The minimum absolute atomic E-state index is 0.0369. The molecular formula is C28H22N2O5S. The van der Waals surface area contributed by atoms with Crippen LogP contribution in [0.5, 0.6) is 0 Å². The molecule has 1 saturated heterocycles. The molecule has 0 radical (unpaired) electrons. The maximum absolute atomic E-state index is 13.4. The van der Waals surface area contributed by atoms with E-state index >= 15 is 0 Å². The Morgan fingerprint density at radius 3 is 2.25 bits per heavy atom. The number of esters is 1. The van der Waals surface area contributed by atoms with Crippen molar-refractivity contribution < 1.29 is 24.2 Å². The van der Waals surface area contributed by atoms with Gasteiger partial charge in [0.25, 0.3) is 5.78 Å². The lowest BCUT2D eigenvalue weighted by atomic mass is 9.94. The Morgan fingerprint density at radius 1 is 0.944 bits per heavy atom. The molecule has 7 nitrogen and oxygen atoms in total. The fraction of sp³-hybridized carbons (Fsp3) is 0.143. The molecule has 2 heterocycles. The third kappa shape index (κ3) is 3.95. The molecule has 5 rings (SSSR count). The molecule has 1 aliphatic rings. The van der Waals surface area contributed by atoms with Gasteiger partial charge in [0.15, 0.2) is 5.13 Å². The number of hydrogen-bond donors (Lipinski definition) is 1. The molecule has 1 fully saturated rings. The van der Waals surface area contributed by atoms with Gasteiger partial charge in [0.2, 0.25) is 0 Å². The molecule has 0 aliphatic carbocycles. The first kappa shape index (κ1) is 23.4. The Balaban J connectivity index is 1.70. The lowest BCUT2D eigenvalue weighted by Gasteiger charge is -2.23. The zero-order chi connectivity index (χ0) is 25.6. The van der Waals surface area contributed by atoms with Crippen LogP contribution in [0.3, 0.4) is 0 Å². The third-order valence-electron chi connectivity index (χ3n) is 6.16. The summed E-state index contributed by atoms with van der Waals surface area (Å²) in [5, 5.41) is 11.6. The van der Waals surface area contributed by atoms with E-state index in [1.54, 1.807) is 36.4 Å². The maximum atomic E-state index is 13.4. The molecule has 1 aromatic heterocycles. The van der Waals surface area contributed by atoms with Crippen molar-refractivity contribution in [2.45, 2.75) is 19.9 Å². The van der Waals surface area contributed by atoms with E-state index in [9.17, 15) is 19.5 Å². The monoisotopic (exact) mass is 498 g/mol. The number of carbonyl (C=O) groups is 3. The lowest BCUT2D eigenvalue weighted by Crippen LogP contribution is -2.29. The molecule has 1 atom stereocenters. The first-order valence-electron chi connectivity index (χ1n) is 11.2. The van der Waals surface area contributed by atoms with Crippen molar-refractivity contribution in [1.29, 1.82) is 0 Å². The van der Waals surface area contributed by atoms with E-state index in [1.807, 2.05) is 44.2 Å². The van der Waals surface area contributed by atoms with Crippen LogP contribution < -0.4 is 4.90 Å². The number of hydrogen-bond acceptors (Lipinski definition) is 7. The van der Waals surface area contributed by atoms with Gasteiger partial charge in [-0.05, 0) is 49.2 Å². The average Bonchev–Trinajstić information content (AvgIpc) is 3.41. The van der Waals surface area contributed by atoms with Gasteiger partial charge < -0.3 is 9.84 Å². The topological polar surface area (TPSA) is 96.8 Å². The molecule has 8 heteroatoms. The summed E-state index contributed by atoms with van der Waals surface area (Å²) in [5.41, 5.74) is 4.01. The van der Waals surface area contributed by atoms with E-state index in [2.05, 4.69) is 4.98 Å². The Bertz CT molecular complexity index is 1550. The number of aromatic nitrogens is 1. The molecule has 4 aromatic rings. The molecule has 0 saturated carbocycles. The van der Waals surface area contributed by atoms with Crippen LogP contribution in [0.15, 0.2) is 72.3 Å². The molecule has 3 aromatic carbocycles. The highest BCUT2D eigenvalue weighted by Gasteiger charge is 2.48. The van der Waals surface area contributed by atoms with Crippen molar-refractivity contribution >= 4 is 50.1 Å². The Kier molecular flexibility index (Phi) is 5.89. The number of ketones is 1. The number of aliphatic hydroxyl groups excluding tert-OH is 1. The van der Waals surface area contributed by atoms with E-state index in [0.717, 1.165) is 15.8 Å². The van der Waals surface area contributed by atoms with E-state index < -0.39 is 23.7 Å². The predicted molar refractivity (Wildman–Crippen MR) is 138 cm³/mol. The normalized spacial score (nSPS) is 17.1. The highest BCUT2D eigenvalue weighted by molar-refractivity contribution is 7.22. The molecule has 1 amide bonds. The highest BCUT2D eigenvalue weighted by atomic mass is 32.1. The van der Waals surface area contributed by atoms with E-state index in [-0.39, 0.29) is 11.3 Å². The molecule has 36 heavy (non-hydrogen) atoms. The van der Waals surface area contributed by atoms with Gasteiger partial charge in [0.1, 0.15) is 5.76 Å². The molecule has 1 aliphatic heterocycles. The summed E-state index contributed by atoms with van der Waals surface area (Å²) in [6.45, 7) is 3.88. The number of thiazole rings is 1. The van der Waals surface area contributed by atoms with Crippen molar-refractivity contribution in [1.82, 2.24) is 4.98 Å². The van der Waals surface area contributed by atoms with Crippen molar-refractivity contribution in [3.63, 3.8) is 0 Å². The van der Waals surface area contributed by atoms with Crippen LogP contribution in [-0.2, 0) is 14.3 Å². The fourth-order valence-corrected chi connectivity index (χ4v) is 5.34. The summed E-state index contributed by atoms with van der Waals surface area (Å²) in [6.07, 6.45) is 0. The Labute approximate surface area is 211 Å². The number of carbonyl (C=O) groups excluding carboxylic acids is 3. The summed E-state index contributed by atoms with van der Waals surface area (Å²) in [5.74, 6) is -2.35. The average molecular weight is 499 g/mol. The molecule has 180 valence electrons. The maximum Gasteiger partial charge on any atom is 0.337 e. The number of anilines is 1.